The van der Waals surface area contributed by atoms with Crippen LogP contribution in [0.3, 0.4) is 0 Å². The van der Waals surface area contributed by atoms with Crippen LogP contribution in [0.25, 0.3) is 0 Å². The van der Waals surface area contributed by atoms with Crippen LogP contribution in [0.2, 0.25) is 0 Å². The molecule has 0 saturated heterocycles. The summed E-state index contributed by atoms with van der Waals surface area (Å²) in [6.07, 6.45) is -0.414. The van der Waals surface area contributed by atoms with E-state index in [1.54, 1.807) is 60.6 Å². The van der Waals surface area contributed by atoms with Crippen LogP contribution in [0.1, 0.15) is 71.9 Å². The Balaban J connectivity index is 2.27. The maximum Gasteiger partial charge on any atom is 0.315 e. The third-order valence-electron chi connectivity index (χ3n) is 6.71. The highest BCUT2D eigenvalue weighted by Gasteiger charge is 2.57. The summed E-state index contributed by atoms with van der Waals surface area (Å²) in [4.78, 5) is 40.7. The van der Waals surface area contributed by atoms with Crippen molar-refractivity contribution in [1.82, 2.24) is 4.83 Å². The van der Waals surface area contributed by atoms with E-state index in [1.165, 1.54) is 43.3 Å². The van der Waals surface area contributed by atoms with Crippen LogP contribution >= 0.6 is 0 Å². The zero-order chi connectivity index (χ0) is 32.5. The Hall–Kier alpha value is -3.84. The van der Waals surface area contributed by atoms with Gasteiger partial charge in [0.05, 0.1) is 27.0 Å². The zero-order valence-electron chi connectivity index (χ0n) is 25.6. The third-order valence-corrected chi connectivity index (χ3v) is 7.94. The van der Waals surface area contributed by atoms with Gasteiger partial charge in [0, 0.05) is 24.5 Å². The molecule has 2 aromatic rings. The number of ether oxygens (including phenoxy) is 2. The van der Waals surface area contributed by atoms with Gasteiger partial charge in [-0.15, -0.1) is 0 Å². The van der Waals surface area contributed by atoms with Crippen molar-refractivity contribution in [3.63, 3.8) is 0 Å². The first-order valence-electron chi connectivity index (χ1n) is 13.7. The number of nitrogens with one attached hydrogen (secondary N) is 1. The van der Waals surface area contributed by atoms with Crippen molar-refractivity contribution in [2.24, 2.45) is 16.9 Å². The van der Waals surface area contributed by atoms with Crippen LogP contribution in [-0.2, 0) is 29.1 Å². The minimum Gasteiger partial charge on any atom is -0.460 e. The maximum absolute atomic E-state index is 13.9. The molecule has 0 aliphatic heterocycles. The minimum absolute atomic E-state index is 0.0827. The van der Waals surface area contributed by atoms with Crippen molar-refractivity contribution in [3.05, 3.63) is 69.8 Å². The van der Waals surface area contributed by atoms with Crippen LogP contribution in [0.15, 0.2) is 58.5 Å². The standard InChI is InChI=1S/C30H39N3O9S/c1-18-12-14-21(15-13-18)43(39,40)32-31-22-17-30(8,36)25(27(35)42-29(5,6)7)23(24(22)26(34)41-28(2,3)4)19-10-9-11-20(16-19)33(37)38/h9-16,23-25,32,36H,17H2,1-8H3/b31-22-/t23-,24-,25+,30-/m1/s1. The maximum atomic E-state index is 13.9. The van der Waals surface area contributed by atoms with E-state index in [2.05, 4.69) is 9.93 Å². The fourth-order valence-electron chi connectivity index (χ4n) is 5.02. The average molecular weight is 618 g/mol. The fraction of sp³-hybridized carbons (Fsp3) is 0.500. The number of aryl methyl sites for hydroxylation is 1. The number of hydrogen-bond donors (Lipinski definition) is 2. The van der Waals surface area contributed by atoms with E-state index in [0.29, 0.717) is 0 Å². The topological polar surface area (TPSA) is 174 Å². The molecule has 2 aromatic carbocycles. The Morgan fingerprint density at radius 1 is 1.02 bits per heavy atom. The summed E-state index contributed by atoms with van der Waals surface area (Å²) in [5, 5.41) is 27.5. The van der Waals surface area contributed by atoms with Crippen LogP contribution in [-0.4, -0.2) is 52.9 Å². The fourth-order valence-corrected chi connectivity index (χ4v) is 5.85. The lowest BCUT2D eigenvalue weighted by atomic mass is 9.61. The summed E-state index contributed by atoms with van der Waals surface area (Å²) in [6.45, 7) is 13.0. The first-order valence-corrected chi connectivity index (χ1v) is 15.2. The number of nitro groups is 1. The number of rotatable bonds is 7. The predicted molar refractivity (Wildman–Crippen MR) is 159 cm³/mol. The largest absolute Gasteiger partial charge is 0.460 e. The monoisotopic (exact) mass is 617 g/mol. The highest BCUT2D eigenvalue weighted by Crippen LogP contribution is 2.48. The molecule has 0 amide bonds. The number of non-ortho nitro benzene ring substituents is 1. The molecular formula is C30H39N3O9S. The Bertz CT molecular complexity index is 1520. The quantitative estimate of drug-likeness (QED) is 0.259. The summed E-state index contributed by atoms with van der Waals surface area (Å²) in [6, 6.07) is 11.3. The number of esters is 2. The number of benzene rings is 2. The van der Waals surface area contributed by atoms with E-state index in [1.807, 2.05) is 0 Å². The Morgan fingerprint density at radius 2 is 1.58 bits per heavy atom. The smallest absolute Gasteiger partial charge is 0.315 e. The van der Waals surface area contributed by atoms with Gasteiger partial charge < -0.3 is 14.6 Å². The number of sulfonamides is 1. The SMILES string of the molecule is Cc1ccc(S(=O)(=O)N/N=C2/C[C@@](C)(O)[C@H](C(=O)OC(C)(C)C)[C@H](c3cccc([N+](=O)[O-])c3)[C@@H]2C(=O)OC(C)(C)C)cc1. The van der Waals surface area contributed by atoms with Gasteiger partial charge in [-0.1, -0.05) is 29.8 Å². The van der Waals surface area contributed by atoms with Crippen molar-refractivity contribution in [2.75, 3.05) is 0 Å². The number of aliphatic hydroxyl groups is 1. The predicted octanol–water partition coefficient (Wildman–Crippen LogP) is 4.39. The van der Waals surface area contributed by atoms with E-state index < -0.39 is 67.9 Å². The molecule has 2 N–H and O–H groups in total. The second-order valence-corrected chi connectivity index (χ2v) is 14.6. The number of carbonyl (C=O) groups is 2. The lowest BCUT2D eigenvalue weighted by molar-refractivity contribution is -0.385. The van der Waals surface area contributed by atoms with Gasteiger partial charge in [-0.2, -0.15) is 13.5 Å². The van der Waals surface area contributed by atoms with E-state index >= 15 is 0 Å². The van der Waals surface area contributed by atoms with Crippen molar-refractivity contribution in [2.45, 2.75) is 89.4 Å². The summed E-state index contributed by atoms with van der Waals surface area (Å²) < 4.78 is 37.6. The first-order chi connectivity index (χ1) is 19.6. The van der Waals surface area contributed by atoms with Crippen LogP contribution in [0.5, 0.6) is 0 Å². The highest BCUT2D eigenvalue weighted by atomic mass is 32.2. The second-order valence-electron chi connectivity index (χ2n) is 12.9. The van der Waals surface area contributed by atoms with Gasteiger partial charge in [-0.25, -0.2) is 4.83 Å². The molecule has 234 valence electrons. The summed E-state index contributed by atoms with van der Waals surface area (Å²) in [7, 11) is -4.20. The lowest BCUT2D eigenvalue weighted by Crippen LogP contribution is -2.56. The molecule has 1 aliphatic rings. The average Bonchev–Trinajstić information content (AvgIpc) is 2.84. The molecule has 43 heavy (non-hydrogen) atoms. The summed E-state index contributed by atoms with van der Waals surface area (Å²) in [5.41, 5.74) is -3.33. The molecule has 13 heteroatoms. The second kappa shape index (κ2) is 12.0. The van der Waals surface area contributed by atoms with Gasteiger partial charge in [0.15, 0.2) is 0 Å². The van der Waals surface area contributed by atoms with E-state index in [0.717, 1.165) is 5.56 Å². The minimum atomic E-state index is -4.20. The van der Waals surface area contributed by atoms with Crippen LogP contribution in [0, 0.1) is 28.9 Å². The Morgan fingerprint density at radius 3 is 2.12 bits per heavy atom. The molecule has 0 spiro atoms. The van der Waals surface area contributed by atoms with E-state index in [-0.39, 0.29) is 21.9 Å². The molecule has 12 nitrogen and oxygen atoms in total. The third kappa shape index (κ3) is 8.38. The van der Waals surface area contributed by atoms with Gasteiger partial charge in [-0.05, 0) is 73.1 Å². The Labute approximate surface area is 251 Å². The van der Waals surface area contributed by atoms with Gasteiger partial charge in [-0.3, -0.25) is 19.7 Å². The number of nitrogens with zero attached hydrogens (tertiary/aromatic N) is 2. The van der Waals surface area contributed by atoms with Gasteiger partial charge in [0.1, 0.15) is 17.1 Å². The van der Waals surface area contributed by atoms with Gasteiger partial charge in [0.2, 0.25) is 0 Å². The van der Waals surface area contributed by atoms with Crippen LogP contribution < -0.4 is 4.83 Å². The summed E-state index contributed by atoms with van der Waals surface area (Å²) in [5.74, 6) is -5.84. The first kappa shape index (κ1) is 33.7. The van der Waals surface area contributed by atoms with Gasteiger partial charge in [0.25, 0.3) is 15.7 Å². The number of carbonyl (C=O) groups excluding carboxylic acids is 2. The lowest BCUT2D eigenvalue weighted by Gasteiger charge is -2.46. The molecule has 0 unspecified atom stereocenters. The molecule has 4 atom stereocenters. The van der Waals surface area contributed by atoms with E-state index in [9.17, 15) is 33.2 Å². The number of hydrogen-bond acceptors (Lipinski definition) is 10. The molecular weight excluding hydrogens is 578 g/mol. The molecule has 3 rings (SSSR count). The number of hydrazone groups is 1. The van der Waals surface area contributed by atoms with Crippen molar-refractivity contribution in [1.29, 1.82) is 0 Å². The summed E-state index contributed by atoms with van der Waals surface area (Å²) >= 11 is 0. The van der Waals surface area contributed by atoms with Crippen molar-refractivity contribution < 1.29 is 37.5 Å². The van der Waals surface area contributed by atoms with Crippen molar-refractivity contribution >= 4 is 33.4 Å². The zero-order valence-corrected chi connectivity index (χ0v) is 26.4. The van der Waals surface area contributed by atoms with E-state index in [4.69, 9.17) is 9.47 Å². The van der Waals surface area contributed by atoms with Crippen molar-refractivity contribution in [3.8, 4) is 0 Å². The normalized spacial score (nSPS) is 23.8. The molecule has 1 fully saturated rings. The number of nitro benzene ring substituents is 1. The van der Waals surface area contributed by atoms with Gasteiger partial charge >= 0.3 is 11.9 Å². The van der Waals surface area contributed by atoms with Crippen LogP contribution in [0.4, 0.5) is 5.69 Å². The molecule has 1 saturated carbocycles. The molecule has 0 heterocycles. The Kier molecular flexibility index (Phi) is 9.42. The molecule has 0 bridgehead atoms. The molecule has 0 aromatic heterocycles. The molecule has 0 radical (unpaired) electrons. The molecule has 1 aliphatic carbocycles. The highest BCUT2D eigenvalue weighted by molar-refractivity contribution is 7.89.